The van der Waals surface area contributed by atoms with Crippen molar-refractivity contribution in [2.75, 3.05) is 19.7 Å². The van der Waals surface area contributed by atoms with Gasteiger partial charge in [-0.05, 0) is 25.3 Å². The van der Waals surface area contributed by atoms with Gasteiger partial charge in [-0.3, -0.25) is 9.69 Å². The summed E-state index contributed by atoms with van der Waals surface area (Å²) in [6, 6.07) is -0.0422. The van der Waals surface area contributed by atoms with Crippen LogP contribution in [0.2, 0.25) is 0 Å². The second kappa shape index (κ2) is 6.15. The molecule has 1 N–H and O–H groups in total. The highest BCUT2D eigenvalue weighted by Gasteiger charge is 2.40. The van der Waals surface area contributed by atoms with Gasteiger partial charge in [0, 0.05) is 20.0 Å². The number of hydrogen-bond acceptors (Lipinski definition) is 6. The zero-order valence-corrected chi connectivity index (χ0v) is 12.8. The van der Waals surface area contributed by atoms with Crippen molar-refractivity contribution in [3.8, 4) is 0 Å². The molecule has 0 saturated carbocycles. The first-order valence-electron chi connectivity index (χ1n) is 7.35. The minimum absolute atomic E-state index is 0.0422. The lowest BCUT2D eigenvalue weighted by atomic mass is 10.0. The van der Waals surface area contributed by atoms with Crippen molar-refractivity contribution in [1.29, 1.82) is 0 Å². The summed E-state index contributed by atoms with van der Waals surface area (Å²) in [5.41, 5.74) is -0.325. The topological polar surface area (TPSA) is 76.1 Å². The summed E-state index contributed by atoms with van der Waals surface area (Å²) in [5.74, 6) is -1.05. The molecule has 1 fully saturated rings. The molecule has 1 saturated heterocycles. The Bertz CT molecular complexity index is 461. The molecule has 3 atom stereocenters. The van der Waals surface area contributed by atoms with E-state index < -0.39 is 23.6 Å². The van der Waals surface area contributed by atoms with Gasteiger partial charge in [-0.1, -0.05) is 13.0 Å². The van der Waals surface area contributed by atoms with Gasteiger partial charge in [-0.15, -0.1) is 0 Å². The molecule has 2 unspecified atom stereocenters. The molecule has 2 aliphatic heterocycles. The molecule has 0 bridgehead atoms. The van der Waals surface area contributed by atoms with Crippen molar-refractivity contribution in [3.63, 3.8) is 0 Å². The lowest BCUT2D eigenvalue weighted by Crippen LogP contribution is -2.41. The zero-order chi connectivity index (χ0) is 15.6. The largest absolute Gasteiger partial charge is 0.458 e. The van der Waals surface area contributed by atoms with Crippen LogP contribution in [0.4, 0.5) is 0 Å². The van der Waals surface area contributed by atoms with E-state index >= 15 is 0 Å². The molecule has 6 nitrogen and oxygen atoms in total. The molecular formula is C15H23NO5. The highest BCUT2D eigenvalue weighted by atomic mass is 16.6. The molecule has 2 heterocycles. The van der Waals surface area contributed by atoms with Crippen LogP contribution in [0.15, 0.2) is 11.6 Å². The van der Waals surface area contributed by atoms with Gasteiger partial charge in [0.1, 0.15) is 6.61 Å². The van der Waals surface area contributed by atoms with Gasteiger partial charge >= 0.3 is 11.9 Å². The van der Waals surface area contributed by atoms with Crippen molar-refractivity contribution in [1.82, 2.24) is 4.90 Å². The van der Waals surface area contributed by atoms with E-state index in [9.17, 15) is 14.7 Å². The van der Waals surface area contributed by atoms with E-state index in [1.165, 1.54) is 6.92 Å². The van der Waals surface area contributed by atoms with Crippen molar-refractivity contribution >= 4 is 11.9 Å². The standard InChI is InChI=1S/C15H23NO5/c1-4-15(3,21-10(2)17)14(19)20-9-11-5-7-16-8-6-12(18)13(11)16/h5,12-13,18H,4,6-9H2,1-3H3/t12-,13?,15?/m1/s1. The van der Waals surface area contributed by atoms with Crippen LogP contribution in [-0.4, -0.2) is 59.4 Å². The van der Waals surface area contributed by atoms with Crippen molar-refractivity contribution in [2.45, 2.75) is 51.4 Å². The number of rotatable bonds is 5. The molecule has 0 aromatic heterocycles. The fraction of sp³-hybridized carbons (Fsp3) is 0.733. The number of hydrogen-bond donors (Lipinski definition) is 1. The maximum absolute atomic E-state index is 12.2. The Balaban J connectivity index is 1.93. The van der Waals surface area contributed by atoms with Gasteiger partial charge in [-0.2, -0.15) is 0 Å². The minimum Gasteiger partial charge on any atom is -0.458 e. The Morgan fingerprint density at radius 3 is 2.86 bits per heavy atom. The molecule has 0 spiro atoms. The van der Waals surface area contributed by atoms with Crippen LogP contribution in [0, 0.1) is 0 Å². The first-order chi connectivity index (χ1) is 9.87. The normalized spacial score (nSPS) is 27.7. The monoisotopic (exact) mass is 297 g/mol. The zero-order valence-electron chi connectivity index (χ0n) is 12.8. The molecule has 0 aromatic carbocycles. The molecule has 6 heteroatoms. The van der Waals surface area contributed by atoms with Gasteiger partial charge in [0.15, 0.2) is 0 Å². The maximum Gasteiger partial charge on any atom is 0.350 e. The number of aliphatic hydroxyl groups is 1. The van der Waals surface area contributed by atoms with Crippen LogP contribution < -0.4 is 0 Å². The molecule has 0 aromatic rings. The summed E-state index contributed by atoms with van der Waals surface area (Å²) in [5, 5.41) is 9.97. The number of nitrogens with zero attached hydrogens (tertiary/aromatic N) is 1. The van der Waals surface area contributed by atoms with Gasteiger partial charge < -0.3 is 14.6 Å². The van der Waals surface area contributed by atoms with Crippen molar-refractivity contribution < 1.29 is 24.2 Å². The second-order valence-corrected chi connectivity index (χ2v) is 5.83. The van der Waals surface area contributed by atoms with Gasteiger partial charge in [-0.25, -0.2) is 4.79 Å². The number of fused-ring (bicyclic) bond motifs is 1. The third-order valence-corrected chi connectivity index (χ3v) is 4.28. The highest BCUT2D eigenvalue weighted by Crippen LogP contribution is 2.29. The van der Waals surface area contributed by atoms with Crippen LogP contribution in [0.1, 0.15) is 33.6 Å². The quantitative estimate of drug-likeness (QED) is 0.593. The molecule has 2 rings (SSSR count). The fourth-order valence-electron chi connectivity index (χ4n) is 2.90. The van der Waals surface area contributed by atoms with E-state index in [0.717, 1.165) is 25.1 Å². The summed E-state index contributed by atoms with van der Waals surface area (Å²) < 4.78 is 10.4. The van der Waals surface area contributed by atoms with E-state index in [1.54, 1.807) is 13.8 Å². The molecule has 118 valence electrons. The second-order valence-electron chi connectivity index (χ2n) is 5.83. The van der Waals surface area contributed by atoms with Crippen LogP contribution >= 0.6 is 0 Å². The van der Waals surface area contributed by atoms with Crippen LogP contribution in [-0.2, 0) is 19.1 Å². The molecule has 0 amide bonds. The van der Waals surface area contributed by atoms with E-state index in [4.69, 9.17) is 9.47 Å². The molecule has 2 aliphatic rings. The lowest BCUT2D eigenvalue weighted by Gasteiger charge is -2.26. The fourth-order valence-corrected chi connectivity index (χ4v) is 2.90. The number of aliphatic hydroxyl groups excluding tert-OH is 1. The SMILES string of the molecule is CCC(C)(OC(C)=O)C(=O)OCC1=CCN2CC[C@@H](O)C12. The number of carbonyl (C=O) groups is 2. The predicted octanol–water partition coefficient (Wildman–Crippen LogP) is 0.637. The summed E-state index contributed by atoms with van der Waals surface area (Å²) in [7, 11) is 0. The average Bonchev–Trinajstić information content (AvgIpc) is 2.99. The van der Waals surface area contributed by atoms with E-state index in [2.05, 4.69) is 4.90 Å². The van der Waals surface area contributed by atoms with Crippen LogP contribution in [0.5, 0.6) is 0 Å². The Labute approximate surface area is 124 Å². The predicted molar refractivity (Wildman–Crippen MR) is 75.5 cm³/mol. The Kier molecular flexibility index (Phi) is 4.68. The van der Waals surface area contributed by atoms with E-state index in [0.29, 0.717) is 6.42 Å². The number of esters is 2. The smallest absolute Gasteiger partial charge is 0.350 e. The minimum atomic E-state index is -1.25. The number of ether oxygens (including phenoxy) is 2. The average molecular weight is 297 g/mol. The highest BCUT2D eigenvalue weighted by molar-refractivity contribution is 5.82. The van der Waals surface area contributed by atoms with Crippen molar-refractivity contribution in [3.05, 3.63) is 11.6 Å². The summed E-state index contributed by atoms with van der Waals surface area (Å²) in [6.45, 7) is 6.36. The van der Waals surface area contributed by atoms with Crippen molar-refractivity contribution in [2.24, 2.45) is 0 Å². The number of carbonyl (C=O) groups excluding carboxylic acids is 2. The first-order valence-corrected chi connectivity index (χ1v) is 7.35. The maximum atomic E-state index is 12.2. The Morgan fingerprint density at radius 1 is 1.52 bits per heavy atom. The molecular weight excluding hydrogens is 274 g/mol. The van der Waals surface area contributed by atoms with Crippen LogP contribution in [0.3, 0.4) is 0 Å². The summed E-state index contributed by atoms with van der Waals surface area (Å²) in [6.07, 6.45) is 2.69. The third kappa shape index (κ3) is 3.27. The summed E-state index contributed by atoms with van der Waals surface area (Å²) >= 11 is 0. The van der Waals surface area contributed by atoms with E-state index in [1.807, 2.05) is 6.08 Å². The molecule has 0 aliphatic carbocycles. The van der Waals surface area contributed by atoms with Gasteiger partial charge in [0.2, 0.25) is 5.60 Å². The third-order valence-electron chi connectivity index (χ3n) is 4.28. The van der Waals surface area contributed by atoms with Crippen LogP contribution in [0.25, 0.3) is 0 Å². The Hall–Kier alpha value is -1.40. The molecule has 21 heavy (non-hydrogen) atoms. The summed E-state index contributed by atoms with van der Waals surface area (Å²) in [4.78, 5) is 25.4. The van der Waals surface area contributed by atoms with Gasteiger partial charge in [0.25, 0.3) is 0 Å². The van der Waals surface area contributed by atoms with Gasteiger partial charge in [0.05, 0.1) is 12.1 Å². The first kappa shape index (κ1) is 16.0. The van der Waals surface area contributed by atoms with E-state index in [-0.39, 0.29) is 12.6 Å². The Morgan fingerprint density at radius 2 is 2.24 bits per heavy atom. The lowest BCUT2D eigenvalue weighted by molar-refractivity contribution is -0.179. The molecule has 0 radical (unpaired) electrons.